The largest absolute Gasteiger partial charge is 0.373 e. The zero-order valence-electron chi connectivity index (χ0n) is 11.6. The molecule has 3 rings (SSSR count). The van der Waals surface area contributed by atoms with Crippen molar-refractivity contribution in [3.63, 3.8) is 0 Å². The topological polar surface area (TPSA) is 15.3 Å². The Kier molecular flexibility index (Phi) is 3.95. The average Bonchev–Trinajstić information content (AvgIpc) is 2.62. The highest BCUT2D eigenvalue weighted by atomic mass is 35.5. The molecule has 0 fully saturated rings. The summed E-state index contributed by atoms with van der Waals surface area (Å²) in [6.45, 7) is 1.94. The van der Waals surface area contributed by atoms with Crippen LogP contribution in [0.3, 0.4) is 0 Å². The Morgan fingerprint density at radius 1 is 1.15 bits per heavy atom. The van der Waals surface area contributed by atoms with E-state index >= 15 is 0 Å². The molecule has 20 heavy (non-hydrogen) atoms. The van der Waals surface area contributed by atoms with Crippen LogP contribution in [-0.4, -0.2) is 19.6 Å². The van der Waals surface area contributed by atoms with Crippen LogP contribution in [0, 0.1) is 0 Å². The third-order valence-corrected chi connectivity index (χ3v) is 4.13. The summed E-state index contributed by atoms with van der Waals surface area (Å²) in [7, 11) is 2.17. The second kappa shape index (κ2) is 5.86. The number of halogens is 1. The quantitative estimate of drug-likeness (QED) is 0.909. The van der Waals surface area contributed by atoms with Gasteiger partial charge in [0.25, 0.3) is 0 Å². The van der Waals surface area contributed by atoms with E-state index in [0.717, 1.165) is 24.5 Å². The predicted octanol–water partition coefficient (Wildman–Crippen LogP) is 3.49. The summed E-state index contributed by atoms with van der Waals surface area (Å²) in [5.41, 5.74) is 4.03. The van der Waals surface area contributed by atoms with Gasteiger partial charge < -0.3 is 10.2 Å². The molecule has 1 heterocycles. The molecule has 1 aliphatic rings. The Balaban J connectivity index is 1.73. The fourth-order valence-corrected chi connectivity index (χ4v) is 2.95. The van der Waals surface area contributed by atoms with Crippen LogP contribution in [0.4, 0.5) is 5.69 Å². The first-order chi connectivity index (χ1) is 9.72. The van der Waals surface area contributed by atoms with E-state index in [-0.39, 0.29) is 0 Å². The van der Waals surface area contributed by atoms with Crippen molar-refractivity contribution in [2.24, 2.45) is 0 Å². The molecule has 1 N–H and O–H groups in total. The lowest BCUT2D eigenvalue weighted by Gasteiger charge is -2.23. The van der Waals surface area contributed by atoms with Crippen LogP contribution in [0.2, 0.25) is 5.02 Å². The average molecular weight is 287 g/mol. The molecule has 3 heteroatoms. The summed E-state index contributed by atoms with van der Waals surface area (Å²) < 4.78 is 0. The minimum Gasteiger partial charge on any atom is -0.373 e. The number of para-hydroxylation sites is 1. The van der Waals surface area contributed by atoms with Crippen LogP contribution < -0.4 is 10.2 Å². The maximum atomic E-state index is 5.94. The smallest absolute Gasteiger partial charge is 0.0409 e. The third kappa shape index (κ3) is 2.97. The van der Waals surface area contributed by atoms with Crippen LogP contribution >= 0.6 is 11.6 Å². The first-order valence-corrected chi connectivity index (χ1v) is 7.37. The number of benzene rings is 2. The van der Waals surface area contributed by atoms with Crippen LogP contribution in [0.25, 0.3) is 0 Å². The Morgan fingerprint density at radius 3 is 2.70 bits per heavy atom. The number of fused-ring (bicyclic) bond motifs is 1. The molecule has 2 nitrogen and oxygen atoms in total. The van der Waals surface area contributed by atoms with E-state index in [1.165, 1.54) is 16.8 Å². The molecule has 0 aliphatic carbocycles. The van der Waals surface area contributed by atoms with E-state index in [0.29, 0.717) is 6.04 Å². The predicted molar refractivity (Wildman–Crippen MR) is 85.5 cm³/mol. The molecule has 1 aliphatic heterocycles. The molecule has 0 saturated carbocycles. The number of likely N-dealkylation sites (N-methyl/N-ethyl adjacent to an activating group) is 1. The van der Waals surface area contributed by atoms with Gasteiger partial charge in [0.1, 0.15) is 0 Å². The Labute approximate surface area is 125 Å². The van der Waals surface area contributed by atoms with Gasteiger partial charge in [-0.3, -0.25) is 0 Å². The molecule has 2 aromatic rings. The molecule has 0 bridgehead atoms. The molecule has 0 amide bonds. The zero-order chi connectivity index (χ0) is 13.9. The van der Waals surface area contributed by atoms with Gasteiger partial charge in [0, 0.05) is 36.9 Å². The molecule has 0 aromatic heterocycles. The SMILES string of the molecule is CN1CC(Cc2ccc(Cl)cc2)NCc2ccccc21. The van der Waals surface area contributed by atoms with Crippen molar-refractivity contribution in [3.8, 4) is 0 Å². The molecule has 0 spiro atoms. The fourth-order valence-electron chi connectivity index (χ4n) is 2.82. The first-order valence-electron chi connectivity index (χ1n) is 6.99. The maximum Gasteiger partial charge on any atom is 0.0409 e. The standard InChI is InChI=1S/C17H19ClN2/c1-20-12-16(10-13-6-8-15(18)9-7-13)19-11-14-4-2-3-5-17(14)20/h2-9,16,19H,10-12H2,1H3. The highest BCUT2D eigenvalue weighted by molar-refractivity contribution is 6.30. The number of anilines is 1. The van der Waals surface area contributed by atoms with E-state index in [9.17, 15) is 0 Å². The third-order valence-electron chi connectivity index (χ3n) is 3.87. The normalized spacial score (nSPS) is 18.5. The summed E-state index contributed by atoms with van der Waals surface area (Å²) in [6, 6.07) is 17.2. The van der Waals surface area contributed by atoms with Crippen molar-refractivity contribution in [3.05, 3.63) is 64.7 Å². The molecule has 1 atom stereocenters. The van der Waals surface area contributed by atoms with Gasteiger partial charge in [0.15, 0.2) is 0 Å². The van der Waals surface area contributed by atoms with E-state index in [1.807, 2.05) is 12.1 Å². The minimum atomic E-state index is 0.452. The zero-order valence-corrected chi connectivity index (χ0v) is 12.4. The molecule has 2 aromatic carbocycles. The van der Waals surface area contributed by atoms with Crippen molar-refractivity contribution in [1.82, 2.24) is 5.32 Å². The maximum absolute atomic E-state index is 5.94. The lowest BCUT2D eigenvalue weighted by molar-refractivity contribution is 0.521. The van der Waals surface area contributed by atoms with E-state index in [1.54, 1.807) is 0 Å². The van der Waals surface area contributed by atoms with Crippen molar-refractivity contribution < 1.29 is 0 Å². The van der Waals surface area contributed by atoms with E-state index in [2.05, 4.69) is 53.7 Å². The van der Waals surface area contributed by atoms with Crippen LogP contribution in [0.1, 0.15) is 11.1 Å². The summed E-state index contributed by atoms with van der Waals surface area (Å²) in [5.74, 6) is 0. The highest BCUT2D eigenvalue weighted by Gasteiger charge is 2.18. The van der Waals surface area contributed by atoms with Crippen LogP contribution in [-0.2, 0) is 13.0 Å². The summed E-state index contributed by atoms with van der Waals surface area (Å²) >= 11 is 5.94. The van der Waals surface area contributed by atoms with Gasteiger partial charge in [-0.2, -0.15) is 0 Å². The second-order valence-corrected chi connectivity index (χ2v) is 5.85. The van der Waals surface area contributed by atoms with E-state index in [4.69, 9.17) is 11.6 Å². The van der Waals surface area contributed by atoms with E-state index < -0.39 is 0 Å². The minimum absolute atomic E-state index is 0.452. The molecule has 104 valence electrons. The van der Waals surface area contributed by atoms with Gasteiger partial charge in [-0.1, -0.05) is 41.9 Å². The second-order valence-electron chi connectivity index (χ2n) is 5.42. The number of nitrogens with one attached hydrogen (secondary N) is 1. The lowest BCUT2D eigenvalue weighted by atomic mass is 10.1. The van der Waals surface area contributed by atoms with Gasteiger partial charge in [0.05, 0.1) is 0 Å². The van der Waals surface area contributed by atoms with Crippen molar-refractivity contribution >= 4 is 17.3 Å². The summed E-state index contributed by atoms with van der Waals surface area (Å²) in [5, 5.41) is 4.45. The first kappa shape index (κ1) is 13.5. The highest BCUT2D eigenvalue weighted by Crippen LogP contribution is 2.22. The lowest BCUT2D eigenvalue weighted by Crippen LogP contribution is -2.38. The summed E-state index contributed by atoms with van der Waals surface area (Å²) in [6.07, 6.45) is 1.02. The number of rotatable bonds is 2. The van der Waals surface area contributed by atoms with Gasteiger partial charge in [-0.15, -0.1) is 0 Å². The molecule has 1 unspecified atom stereocenters. The number of hydrogen-bond donors (Lipinski definition) is 1. The fraction of sp³-hybridized carbons (Fsp3) is 0.294. The number of hydrogen-bond acceptors (Lipinski definition) is 2. The van der Waals surface area contributed by atoms with Gasteiger partial charge in [-0.05, 0) is 35.7 Å². The van der Waals surface area contributed by atoms with Crippen LogP contribution in [0.15, 0.2) is 48.5 Å². The molecule has 0 saturated heterocycles. The monoisotopic (exact) mass is 286 g/mol. The Bertz CT molecular complexity index is 580. The van der Waals surface area contributed by atoms with Crippen molar-refractivity contribution in [2.75, 3.05) is 18.5 Å². The summed E-state index contributed by atoms with van der Waals surface area (Å²) in [4.78, 5) is 2.34. The molecular formula is C17H19ClN2. The Morgan fingerprint density at radius 2 is 1.90 bits per heavy atom. The van der Waals surface area contributed by atoms with Crippen molar-refractivity contribution in [2.45, 2.75) is 19.0 Å². The van der Waals surface area contributed by atoms with Gasteiger partial charge in [0.2, 0.25) is 0 Å². The van der Waals surface area contributed by atoms with Crippen molar-refractivity contribution in [1.29, 1.82) is 0 Å². The van der Waals surface area contributed by atoms with Gasteiger partial charge in [-0.25, -0.2) is 0 Å². The molecule has 0 radical (unpaired) electrons. The molecular weight excluding hydrogens is 268 g/mol. The Hall–Kier alpha value is -1.51. The van der Waals surface area contributed by atoms with Crippen LogP contribution in [0.5, 0.6) is 0 Å². The number of nitrogens with zero attached hydrogens (tertiary/aromatic N) is 1. The van der Waals surface area contributed by atoms with Gasteiger partial charge >= 0.3 is 0 Å².